The number of esters is 1. The predicted molar refractivity (Wildman–Crippen MR) is 101 cm³/mol. The van der Waals surface area contributed by atoms with Gasteiger partial charge in [0.25, 0.3) is 0 Å². The Bertz CT molecular complexity index is 611. The zero-order chi connectivity index (χ0) is 18.6. The third kappa shape index (κ3) is 4.71. The highest BCUT2D eigenvalue weighted by Gasteiger charge is 2.50. The van der Waals surface area contributed by atoms with E-state index in [1.165, 1.54) is 18.1 Å². The van der Waals surface area contributed by atoms with Crippen LogP contribution in [0.4, 0.5) is 0 Å². The van der Waals surface area contributed by atoms with Crippen molar-refractivity contribution in [1.82, 2.24) is 0 Å². The zero-order valence-corrected chi connectivity index (χ0v) is 16.2. The lowest BCUT2D eigenvalue weighted by Gasteiger charge is -2.32. The van der Waals surface area contributed by atoms with E-state index in [4.69, 9.17) is 4.74 Å². The summed E-state index contributed by atoms with van der Waals surface area (Å²) in [5, 5.41) is 0. The van der Waals surface area contributed by atoms with Gasteiger partial charge >= 0.3 is 5.97 Å². The number of ketones is 1. The van der Waals surface area contributed by atoms with Crippen LogP contribution in [-0.2, 0) is 14.3 Å². The molecule has 2 rings (SSSR count). The van der Waals surface area contributed by atoms with E-state index in [1.54, 1.807) is 0 Å². The molecule has 25 heavy (non-hydrogen) atoms. The lowest BCUT2D eigenvalue weighted by Crippen LogP contribution is -2.30. The molecule has 0 unspecified atom stereocenters. The molecule has 3 atom stereocenters. The third-order valence-corrected chi connectivity index (χ3v) is 6.04. The predicted octanol–water partition coefficient (Wildman–Crippen LogP) is 5.17. The molecule has 1 fully saturated rings. The molecule has 3 heteroatoms. The summed E-state index contributed by atoms with van der Waals surface area (Å²) in [4.78, 5) is 24.0. The highest BCUT2D eigenvalue weighted by Crippen LogP contribution is 2.51. The Hall–Kier alpha value is -1.64. The number of hydrogen-bond acceptors (Lipinski definition) is 3. The van der Waals surface area contributed by atoms with Gasteiger partial charge in [0, 0.05) is 18.8 Å². The topological polar surface area (TPSA) is 43.4 Å². The van der Waals surface area contributed by atoms with E-state index >= 15 is 0 Å². The highest BCUT2D eigenvalue weighted by molar-refractivity contribution is 5.88. The average Bonchev–Trinajstić information content (AvgIpc) is 2.78. The molecule has 2 aliphatic rings. The molecule has 138 valence electrons. The van der Waals surface area contributed by atoms with Crippen LogP contribution in [-0.4, -0.2) is 18.4 Å². The average molecular weight is 344 g/mol. The first-order chi connectivity index (χ1) is 11.7. The molecule has 0 N–H and O–H groups in total. The summed E-state index contributed by atoms with van der Waals surface area (Å²) in [6.07, 6.45) is 9.78. The van der Waals surface area contributed by atoms with Crippen molar-refractivity contribution in [2.75, 3.05) is 6.61 Å². The summed E-state index contributed by atoms with van der Waals surface area (Å²) in [5.41, 5.74) is 3.30. The fourth-order valence-corrected chi connectivity index (χ4v) is 4.24. The van der Waals surface area contributed by atoms with Crippen molar-refractivity contribution in [2.45, 2.75) is 66.2 Å². The fourth-order valence-electron chi connectivity index (χ4n) is 4.24. The first-order valence-electron chi connectivity index (χ1n) is 9.39. The van der Waals surface area contributed by atoms with Crippen molar-refractivity contribution < 1.29 is 14.3 Å². The van der Waals surface area contributed by atoms with Crippen molar-refractivity contribution in [2.24, 2.45) is 17.3 Å². The van der Waals surface area contributed by atoms with Crippen LogP contribution < -0.4 is 0 Å². The van der Waals surface area contributed by atoms with Crippen molar-refractivity contribution in [1.29, 1.82) is 0 Å². The normalized spacial score (nSPS) is 34.8. The van der Waals surface area contributed by atoms with E-state index in [9.17, 15) is 9.59 Å². The molecule has 2 aliphatic carbocycles. The van der Waals surface area contributed by atoms with Crippen LogP contribution in [0.2, 0.25) is 0 Å². The maximum atomic E-state index is 12.8. The molecule has 0 aromatic heterocycles. The van der Waals surface area contributed by atoms with Gasteiger partial charge in [-0.25, -0.2) is 0 Å². The molecule has 0 radical (unpaired) electrons. The molecule has 0 aromatic rings. The van der Waals surface area contributed by atoms with Gasteiger partial charge in [-0.2, -0.15) is 0 Å². The van der Waals surface area contributed by atoms with Gasteiger partial charge in [-0.15, -0.1) is 0 Å². The Morgan fingerprint density at radius 3 is 2.68 bits per heavy atom. The van der Waals surface area contributed by atoms with Gasteiger partial charge in [0.1, 0.15) is 12.4 Å². The number of carbonyl (C=O) groups excluding carboxylic acids is 2. The molecule has 0 spiro atoms. The Labute approximate surface area is 152 Å². The first-order valence-corrected chi connectivity index (χ1v) is 9.39. The minimum atomic E-state index is -0.321. The number of carbonyl (C=O) groups is 2. The van der Waals surface area contributed by atoms with Crippen LogP contribution in [0.25, 0.3) is 0 Å². The lowest BCUT2D eigenvalue weighted by molar-refractivity contribution is -0.140. The number of allylic oxidation sites excluding steroid dienone is 4. The molecule has 0 heterocycles. The smallest absolute Gasteiger partial charge is 0.302 e. The van der Waals surface area contributed by atoms with E-state index in [2.05, 4.69) is 32.6 Å². The monoisotopic (exact) mass is 344 g/mol. The van der Waals surface area contributed by atoms with Crippen LogP contribution in [0.1, 0.15) is 66.2 Å². The number of ether oxygens (including phenoxy) is 1. The van der Waals surface area contributed by atoms with Gasteiger partial charge < -0.3 is 4.74 Å². The summed E-state index contributed by atoms with van der Waals surface area (Å²) >= 11 is 0. The quantitative estimate of drug-likeness (QED) is 0.524. The Morgan fingerprint density at radius 1 is 1.32 bits per heavy atom. The van der Waals surface area contributed by atoms with E-state index in [-0.39, 0.29) is 23.2 Å². The molecule has 0 aromatic carbocycles. The van der Waals surface area contributed by atoms with Gasteiger partial charge in [0.15, 0.2) is 0 Å². The van der Waals surface area contributed by atoms with Crippen LogP contribution in [0.15, 0.2) is 35.5 Å². The fraction of sp³-hybridized carbons (Fsp3) is 0.636. The van der Waals surface area contributed by atoms with Gasteiger partial charge in [-0.05, 0) is 63.4 Å². The molecule has 0 bridgehead atoms. The molecular weight excluding hydrogens is 312 g/mol. The summed E-state index contributed by atoms with van der Waals surface area (Å²) in [6.45, 7) is 12.3. The molecular formula is C22H32O3. The summed E-state index contributed by atoms with van der Waals surface area (Å²) in [6, 6.07) is 0. The second-order valence-electron chi connectivity index (χ2n) is 8.09. The molecule has 3 nitrogen and oxygen atoms in total. The highest BCUT2D eigenvalue weighted by atomic mass is 16.5. The standard InChI is InChI=1S/C22H32O3/c1-15(2)19-13-21(24)22(5)12-11-16(3)7-6-8-18(9-10-20(19)22)14-25-17(4)23/h9,11,19-20H,1,6-8,10,12-14H2,2-5H3/b16-11+,18-9-/t19-,20+,22-/m1/s1. The lowest BCUT2D eigenvalue weighted by atomic mass is 9.71. The Balaban J connectivity index is 2.33. The zero-order valence-electron chi connectivity index (χ0n) is 16.2. The molecule has 0 saturated heterocycles. The number of hydrogen-bond donors (Lipinski definition) is 0. The summed E-state index contributed by atoms with van der Waals surface area (Å²) < 4.78 is 5.23. The van der Waals surface area contributed by atoms with E-state index in [0.717, 1.165) is 37.7 Å². The SMILES string of the molecule is C=C(C)[C@H]1CC(=O)[C@]2(C)C/C=C(\C)CCC/C(COC(C)=O)=C/C[C@@H]12. The van der Waals surface area contributed by atoms with Crippen molar-refractivity contribution in [3.05, 3.63) is 35.5 Å². The van der Waals surface area contributed by atoms with Gasteiger partial charge in [0.2, 0.25) is 0 Å². The Morgan fingerprint density at radius 2 is 2.04 bits per heavy atom. The van der Waals surface area contributed by atoms with Crippen LogP contribution >= 0.6 is 0 Å². The van der Waals surface area contributed by atoms with Crippen LogP contribution in [0, 0.1) is 17.3 Å². The van der Waals surface area contributed by atoms with Crippen molar-refractivity contribution in [3.63, 3.8) is 0 Å². The second-order valence-corrected chi connectivity index (χ2v) is 8.09. The van der Waals surface area contributed by atoms with E-state index in [0.29, 0.717) is 18.8 Å². The maximum absolute atomic E-state index is 12.8. The molecule has 0 amide bonds. The minimum absolute atomic E-state index is 0.244. The number of fused-ring (bicyclic) bond motifs is 1. The number of rotatable bonds is 3. The van der Waals surface area contributed by atoms with Crippen LogP contribution in [0.3, 0.4) is 0 Å². The largest absolute Gasteiger partial charge is 0.461 e. The summed E-state index contributed by atoms with van der Waals surface area (Å²) in [5.74, 6) is 0.640. The Kier molecular flexibility index (Phi) is 6.42. The molecule has 1 saturated carbocycles. The first kappa shape index (κ1) is 19.7. The van der Waals surface area contributed by atoms with Gasteiger partial charge in [-0.3, -0.25) is 9.59 Å². The summed E-state index contributed by atoms with van der Waals surface area (Å²) in [7, 11) is 0. The van der Waals surface area contributed by atoms with Crippen molar-refractivity contribution in [3.8, 4) is 0 Å². The van der Waals surface area contributed by atoms with Crippen LogP contribution in [0.5, 0.6) is 0 Å². The number of Topliss-reactive ketones (excluding diaryl/α,β-unsaturated/α-hetero) is 1. The van der Waals surface area contributed by atoms with Crippen molar-refractivity contribution >= 4 is 11.8 Å². The van der Waals surface area contributed by atoms with Gasteiger partial charge in [-0.1, -0.05) is 36.8 Å². The third-order valence-electron chi connectivity index (χ3n) is 6.04. The maximum Gasteiger partial charge on any atom is 0.302 e. The molecule has 0 aliphatic heterocycles. The second kappa shape index (κ2) is 8.16. The van der Waals surface area contributed by atoms with E-state index < -0.39 is 0 Å². The van der Waals surface area contributed by atoms with E-state index in [1.807, 2.05) is 6.92 Å². The minimum Gasteiger partial charge on any atom is -0.461 e. The van der Waals surface area contributed by atoms with Gasteiger partial charge in [0.05, 0.1) is 0 Å².